The molecule has 0 unspecified atom stereocenters. The lowest BCUT2D eigenvalue weighted by atomic mass is 10.2. The van der Waals surface area contributed by atoms with E-state index in [1.807, 2.05) is 0 Å². The summed E-state index contributed by atoms with van der Waals surface area (Å²) in [5.74, 6) is -1.25. The summed E-state index contributed by atoms with van der Waals surface area (Å²) in [6.45, 7) is -0.0991. The van der Waals surface area contributed by atoms with E-state index >= 15 is 0 Å². The fourth-order valence-corrected chi connectivity index (χ4v) is 1.37. The van der Waals surface area contributed by atoms with E-state index in [9.17, 15) is 19.7 Å². The Morgan fingerprint density at radius 2 is 1.95 bits per heavy atom. The van der Waals surface area contributed by atoms with Gasteiger partial charge in [0.25, 0.3) is 0 Å². The second kappa shape index (κ2) is 7.07. The largest absolute Gasteiger partial charge is 0.486 e. The van der Waals surface area contributed by atoms with Crippen LogP contribution in [0.5, 0.6) is 5.75 Å². The first-order valence-electron chi connectivity index (χ1n) is 5.56. The van der Waals surface area contributed by atoms with Crippen LogP contribution < -0.4 is 4.74 Å². The number of benzene rings is 1. The topological polar surface area (TPSA) is 105 Å². The Morgan fingerprint density at radius 1 is 1.25 bits per heavy atom. The quantitative estimate of drug-likeness (QED) is 0.440. The van der Waals surface area contributed by atoms with Crippen molar-refractivity contribution in [2.45, 2.75) is 6.42 Å². The van der Waals surface area contributed by atoms with E-state index in [4.69, 9.17) is 4.74 Å². The summed E-state index contributed by atoms with van der Waals surface area (Å²) in [6.07, 6.45) is -0.0594. The molecule has 0 heterocycles. The maximum absolute atomic E-state index is 11.4. The third-order valence-corrected chi connectivity index (χ3v) is 2.37. The van der Waals surface area contributed by atoms with Crippen molar-refractivity contribution in [1.82, 2.24) is 0 Å². The Balaban J connectivity index is 2.91. The van der Waals surface area contributed by atoms with Crippen molar-refractivity contribution in [3.05, 3.63) is 33.9 Å². The predicted octanol–water partition coefficient (Wildman–Crippen LogP) is 1.32. The van der Waals surface area contributed by atoms with Crippen LogP contribution in [-0.4, -0.2) is 37.7 Å². The maximum Gasteiger partial charge on any atom is 0.337 e. The molecular formula is C12H13NO7. The molecule has 1 rings (SSSR count). The van der Waals surface area contributed by atoms with Gasteiger partial charge in [-0.25, -0.2) is 4.79 Å². The summed E-state index contributed by atoms with van der Waals surface area (Å²) < 4.78 is 14.1. The Morgan fingerprint density at radius 3 is 2.50 bits per heavy atom. The number of carbonyl (C=O) groups is 2. The molecule has 20 heavy (non-hydrogen) atoms. The lowest BCUT2D eigenvalue weighted by Crippen LogP contribution is -2.09. The van der Waals surface area contributed by atoms with Crippen molar-refractivity contribution in [1.29, 1.82) is 0 Å². The van der Waals surface area contributed by atoms with Gasteiger partial charge in [-0.1, -0.05) is 0 Å². The first kappa shape index (κ1) is 15.4. The molecule has 0 spiro atoms. The Hall–Kier alpha value is -2.64. The van der Waals surface area contributed by atoms with Crippen molar-refractivity contribution in [2.75, 3.05) is 20.8 Å². The average molecular weight is 283 g/mol. The minimum absolute atomic E-state index is 0.0594. The number of esters is 2. The monoisotopic (exact) mass is 283 g/mol. The fourth-order valence-electron chi connectivity index (χ4n) is 1.37. The molecule has 1 aromatic carbocycles. The van der Waals surface area contributed by atoms with Crippen molar-refractivity contribution in [3.8, 4) is 5.75 Å². The smallest absolute Gasteiger partial charge is 0.337 e. The number of nitrogens with zero attached hydrogens (tertiary/aromatic N) is 1. The van der Waals surface area contributed by atoms with Gasteiger partial charge in [0.1, 0.15) is 0 Å². The zero-order chi connectivity index (χ0) is 15.1. The van der Waals surface area contributed by atoms with Gasteiger partial charge >= 0.3 is 17.6 Å². The van der Waals surface area contributed by atoms with Crippen molar-refractivity contribution in [2.24, 2.45) is 0 Å². The molecule has 1 aromatic rings. The van der Waals surface area contributed by atoms with Gasteiger partial charge in [0.05, 0.1) is 37.7 Å². The first-order valence-corrected chi connectivity index (χ1v) is 5.56. The molecule has 0 saturated carbocycles. The summed E-state index contributed by atoms with van der Waals surface area (Å²) in [6, 6.07) is 3.60. The van der Waals surface area contributed by atoms with Crippen LogP contribution in [-0.2, 0) is 14.3 Å². The Labute approximate surface area is 114 Å². The minimum Gasteiger partial charge on any atom is -0.486 e. The van der Waals surface area contributed by atoms with E-state index in [1.54, 1.807) is 0 Å². The molecule has 0 aliphatic heterocycles. The number of hydrogen-bond acceptors (Lipinski definition) is 7. The van der Waals surface area contributed by atoms with E-state index in [-0.39, 0.29) is 30.0 Å². The third-order valence-electron chi connectivity index (χ3n) is 2.37. The van der Waals surface area contributed by atoms with Gasteiger partial charge in [-0.3, -0.25) is 14.9 Å². The molecule has 0 N–H and O–H groups in total. The highest BCUT2D eigenvalue weighted by Crippen LogP contribution is 2.28. The standard InChI is InChI=1S/C12H13NO7/c1-18-11(14)5-6-20-10-7-8(12(15)19-2)3-4-9(10)13(16)17/h3-4,7H,5-6H2,1-2H3. The molecule has 0 saturated heterocycles. The van der Waals surface area contributed by atoms with E-state index in [0.29, 0.717) is 0 Å². The van der Waals surface area contributed by atoms with Crippen LogP contribution >= 0.6 is 0 Å². The van der Waals surface area contributed by atoms with E-state index in [1.165, 1.54) is 26.4 Å². The second-order valence-corrected chi connectivity index (χ2v) is 3.61. The van der Waals surface area contributed by atoms with Crippen molar-refractivity contribution in [3.63, 3.8) is 0 Å². The molecule has 0 radical (unpaired) electrons. The van der Waals surface area contributed by atoms with Crippen LogP contribution in [0.15, 0.2) is 18.2 Å². The molecule has 8 heteroatoms. The zero-order valence-electron chi connectivity index (χ0n) is 11.0. The maximum atomic E-state index is 11.4. The zero-order valence-corrected chi connectivity index (χ0v) is 11.0. The molecular weight excluding hydrogens is 270 g/mol. The average Bonchev–Trinajstić information content (AvgIpc) is 2.45. The number of methoxy groups -OCH3 is 2. The fraction of sp³-hybridized carbons (Fsp3) is 0.333. The van der Waals surface area contributed by atoms with E-state index < -0.39 is 16.9 Å². The van der Waals surface area contributed by atoms with Crippen LogP contribution in [0.2, 0.25) is 0 Å². The van der Waals surface area contributed by atoms with E-state index in [2.05, 4.69) is 9.47 Å². The summed E-state index contributed by atoms with van der Waals surface area (Å²) >= 11 is 0. The van der Waals surface area contributed by atoms with E-state index in [0.717, 1.165) is 6.07 Å². The van der Waals surface area contributed by atoms with Gasteiger partial charge in [-0.05, 0) is 6.07 Å². The second-order valence-electron chi connectivity index (χ2n) is 3.61. The molecule has 0 bridgehead atoms. The van der Waals surface area contributed by atoms with Crippen LogP contribution in [0.4, 0.5) is 5.69 Å². The minimum atomic E-state index is -0.644. The Bertz CT molecular complexity index is 527. The molecule has 108 valence electrons. The van der Waals surface area contributed by atoms with Crippen molar-refractivity contribution >= 4 is 17.6 Å². The summed E-state index contributed by atoms with van der Waals surface area (Å²) in [4.78, 5) is 32.5. The van der Waals surface area contributed by atoms with Crippen LogP contribution in [0, 0.1) is 10.1 Å². The van der Waals surface area contributed by atoms with Crippen LogP contribution in [0.25, 0.3) is 0 Å². The van der Waals surface area contributed by atoms with Gasteiger partial charge < -0.3 is 14.2 Å². The number of nitro benzene ring substituents is 1. The molecule has 0 aliphatic carbocycles. The number of ether oxygens (including phenoxy) is 3. The number of rotatable bonds is 6. The molecule has 0 aliphatic rings. The molecule has 0 fully saturated rings. The first-order chi connectivity index (χ1) is 9.49. The summed E-state index contributed by atoms with van der Waals surface area (Å²) in [5, 5.41) is 10.8. The van der Waals surface area contributed by atoms with Gasteiger partial charge in [0.2, 0.25) is 0 Å². The van der Waals surface area contributed by atoms with Crippen LogP contribution in [0.1, 0.15) is 16.8 Å². The molecule has 0 atom stereocenters. The lowest BCUT2D eigenvalue weighted by Gasteiger charge is -2.07. The highest BCUT2D eigenvalue weighted by Gasteiger charge is 2.18. The molecule has 0 aromatic heterocycles. The normalized spacial score (nSPS) is 9.70. The highest BCUT2D eigenvalue weighted by atomic mass is 16.6. The number of nitro groups is 1. The van der Waals surface area contributed by atoms with Gasteiger partial charge in [-0.15, -0.1) is 0 Å². The van der Waals surface area contributed by atoms with Crippen LogP contribution in [0.3, 0.4) is 0 Å². The highest BCUT2D eigenvalue weighted by molar-refractivity contribution is 5.90. The molecule has 8 nitrogen and oxygen atoms in total. The Kier molecular flexibility index (Phi) is 5.45. The van der Waals surface area contributed by atoms with Gasteiger partial charge in [0, 0.05) is 12.1 Å². The third kappa shape index (κ3) is 3.94. The lowest BCUT2D eigenvalue weighted by molar-refractivity contribution is -0.385. The SMILES string of the molecule is COC(=O)CCOc1cc(C(=O)OC)ccc1[N+](=O)[O-]. The molecule has 0 amide bonds. The van der Waals surface area contributed by atoms with Gasteiger partial charge in [-0.2, -0.15) is 0 Å². The predicted molar refractivity (Wildman–Crippen MR) is 66.6 cm³/mol. The number of hydrogen-bond donors (Lipinski definition) is 0. The van der Waals surface area contributed by atoms with Crippen molar-refractivity contribution < 1.29 is 28.7 Å². The number of carbonyl (C=O) groups excluding carboxylic acids is 2. The summed E-state index contributed by atoms with van der Waals surface area (Å²) in [7, 11) is 2.42. The van der Waals surface area contributed by atoms with Gasteiger partial charge in [0.15, 0.2) is 5.75 Å². The summed E-state index contributed by atoms with van der Waals surface area (Å²) in [5.41, 5.74) is -0.186.